The normalized spacial score (nSPS) is 13.8. The van der Waals surface area contributed by atoms with Crippen LogP contribution >= 0.6 is 0 Å². The summed E-state index contributed by atoms with van der Waals surface area (Å²) in [5, 5.41) is 5.24. The van der Waals surface area contributed by atoms with Gasteiger partial charge >= 0.3 is 6.03 Å². The fraction of sp³-hybridized carbons (Fsp3) is 0.238. The molecule has 0 bridgehead atoms. The first-order valence-corrected chi connectivity index (χ1v) is 9.65. The minimum atomic E-state index is -0.487. The highest BCUT2D eigenvalue weighted by atomic mass is 19.1. The van der Waals surface area contributed by atoms with Crippen molar-refractivity contribution in [3.8, 4) is 0 Å². The van der Waals surface area contributed by atoms with E-state index < -0.39 is 6.03 Å². The molecule has 0 spiro atoms. The second kappa shape index (κ2) is 8.73. The molecule has 0 radical (unpaired) electrons. The van der Waals surface area contributed by atoms with Gasteiger partial charge in [-0.1, -0.05) is 12.1 Å². The number of hydrogen-bond acceptors (Lipinski definition) is 6. The van der Waals surface area contributed by atoms with Crippen molar-refractivity contribution in [2.75, 3.05) is 46.6 Å². The van der Waals surface area contributed by atoms with Crippen LogP contribution in [0.2, 0.25) is 0 Å². The lowest BCUT2D eigenvalue weighted by Crippen LogP contribution is -2.47. The lowest BCUT2D eigenvalue weighted by Gasteiger charge is -2.35. The standard InChI is InChI=1S/C21H22FN7O/c1-15-5-6-16(12-18(15)22)26-21(30)27-17-13-24-20(25-14-17)29-10-8-28(9-11-29)19-4-2-3-7-23-19/h2-7,12-14H,8-11H2,1H3,(H2,26,27,30). The molecule has 1 fully saturated rings. The van der Waals surface area contributed by atoms with E-state index in [1.807, 2.05) is 18.2 Å². The molecule has 1 saturated heterocycles. The Morgan fingerprint density at radius 2 is 1.63 bits per heavy atom. The third-order valence-electron chi connectivity index (χ3n) is 4.86. The molecule has 0 unspecified atom stereocenters. The van der Waals surface area contributed by atoms with E-state index in [1.54, 1.807) is 37.6 Å². The molecule has 30 heavy (non-hydrogen) atoms. The maximum Gasteiger partial charge on any atom is 0.323 e. The summed E-state index contributed by atoms with van der Waals surface area (Å²) in [4.78, 5) is 29.6. The zero-order valence-corrected chi connectivity index (χ0v) is 16.5. The van der Waals surface area contributed by atoms with Gasteiger partial charge in [0.1, 0.15) is 11.6 Å². The molecule has 2 N–H and O–H groups in total. The highest BCUT2D eigenvalue weighted by Gasteiger charge is 2.19. The zero-order valence-electron chi connectivity index (χ0n) is 16.5. The Morgan fingerprint density at radius 3 is 2.30 bits per heavy atom. The molecule has 0 aliphatic carbocycles. The molecule has 1 aliphatic heterocycles. The predicted octanol–water partition coefficient (Wildman–Crippen LogP) is 3.29. The molecule has 2 aromatic heterocycles. The van der Waals surface area contributed by atoms with E-state index >= 15 is 0 Å². The van der Waals surface area contributed by atoms with Crippen LogP contribution < -0.4 is 20.4 Å². The molecule has 1 aliphatic rings. The Balaban J connectivity index is 1.31. The van der Waals surface area contributed by atoms with E-state index in [4.69, 9.17) is 0 Å². The van der Waals surface area contributed by atoms with Crippen molar-refractivity contribution in [1.82, 2.24) is 15.0 Å². The van der Waals surface area contributed by atoms with Crippen LogP contribution in [0.5, 0.6) is 0 Å². The quantitative estimate of drug-likeness (QED) is 0.690. The van der Waals surface area contributed by atoms with Crippen LogP contribution in [-0.4, -0.2) is 47.2 Å². The summed E-state index contributed by atoms with van der Waals surface area (Å²) in [6.45, 7) is 4.88. The summed E-state index contributed by atoms with van der Waals surface area (Å²) < 4.78 is 13.6. The molecule has 3 heterocycles. The van der Waals surface area contributed by atoms with Crippen molar-refractivity contribution >= 4 is 29.2 Å². The smallest absolute Gasteiger partial charge is 0.323 e. The highest BCUT2D eigenvalue weighted by Crippen LogP contribution is 2.17. The molecular weight excluding hydrogens is 385 g/mol. The Bertz CT molecular complexity index is 1010. The number of aryl methyl sites for hydroxylation is 1. The van der Waals surface area contributed by atoms with Crippen molar-refractivity contribution in [2.45, 2.75) is 6.92 Å². The average molecular weight is 407 g/mol. The van der Waals surface area contributed by atoms with Gasteiger partial charge in [-0.3, -0.25) is 0 Å². The van der Waals surface area contributed by atoms with Crippen molar-refractivity contribution < 1.29 is 9.18 Å². The monoisotopic (exact) mass is 407 g/mol. The maximum absolute atomic E-state index is 13.6. The van der Waals surface area contributed by atoms with Gasteiger partial charge in [0.25, 0.3) is 0 Å². The van der Waals surface area contributed by atoms with Gasteiger partial charge in [-0.25, -0.2) is 24.1 Å². The van der Waals surface area contributed by atoms with Crippen molar-refractivity contribution in [2.24, 2.45) is 0 Å². The van der Waals surface area contributed by atoms with E-state index in [-0.39, 0.29) is 5.82 Å². The Hall–Kier alpha value is -3.75. The van der Waals surface area contributed by atoms with E-state index in [0.29, 0.717) is 22.9 Å². The van der Waals surface area contributed by atoms with Crippen LogP contribution in [0, 0.1) is 12.7 Å². The van der Waals surface area contributed by atoms with Crippen LogP contribution in [0.15, 0.2) is 55.0 Å². The first-order valence-electron chi connectivity index (χ1n) is 9.65. The van der Waals surface area contributed by atoms with E-state index in [1.165, 1.54) is 6.07 Å². The topological polar surface area (TPSA) is 86.3 Å². The fourth-order valence-electron chi connectivity index (χ4n) is 3.19. The Kier molecular flexibility index (Phi) is 5.69. The number of anilines is 4. The van der Waals surface area contributed by atoms with E-state index in [0.717, 1.165) is 32.0 Å². The zero-order chi connectivity index (χ0) is 20.9. The number of carbonyl (C=O) groups is 1. The largest absolute Gasteiger partial charge is 0.353 e. The molecule has 9 heteroatoms. The second-order valence-corrected chi connectivity index (χ2v) is 6.98. The number of urea groups is 1. The maximum atomic E-state index is 13.6. The number of amides is 2. The van der Waals surface area contributed by atoms with Gasteiger partial charge in [0.15, 0.2) is 0 Å². The summed E-state index contributed by atoms with van der Waals surface area (Å²) >= 11 is 0. The number of halogens is 1. The predicted molar refractivity (Wildman–Crippen MR) is 114 cm³/mol. The molecule has 0 atom stereocenters. The molecule has 3 aromatic rings. The number of carbonyl (C=O) groups excluding carboxylic acids is 1. The summed E-state index contributed by atoms with van der Waals surface area (Å²) in [6.07, 6.45) is 4.91. The Morgan fingerprint density at radius 1 is 0.933 bits per heavy atom. The summed E-state index contributed by atoms with van der Waals surface area (Å²) in [5.74, 6) is 1.21. The molecule has 2 amide bonds. The SMILES string of the molecule is Cc1ccc(NC(=O)Nc2cnc(N3CCN(c4ccccn4)CC3)nc2)cc1F. The van der Waals surface area contributed by atoms with Crippen LogP contribution in [0.25, 0.3) is 0 Å². The van der Waals surface area contributed by atoms with Crippen molar-refractivity contribution in [3.05, 3.63) is 66.4 Å². The number of aromatic nitrogens is 3. The average Bonchev–Trinajstić information content (AvgIpc) is 2.77. The van der Waals surface area contributed by atoms with Gasteiger partial charge in [-0.05, 0) is 36.8 Å². The number of benzene rings is 1. The summed E-state index contributed by atoms with van der Waals surface area (Å²) in [5.41, 5.74) is 1.35. The van der Waals surface area contributed by atoms with Gasteiger partial charge in [-0.15, -0.1) is 0 Å². The summed E-state index contributed by atoms with van der Waals surface area (Å²) in [7, 11) is 0. The number of nitrogens with zero attached hydrogens (tertiary/aromatic N) is 5. The van der Waals surface area contributed by atoms with Crippen LogP contribution in [0.4, 0.5) is 32.3 Å². The number of rotatable bonds is 4. The summed E-state index contributed by atoms with van der Waals surface area (Å²) in [6, 6.07) is 9.93. The lowest BCUT2D eigenvalue weighted by molar-refractivity contribution is 0.262. The first kappa shape index (κ1) is 19.6. The van der Waals surface area contributed by atoms with Gasteiger partial charge in [0.05, 0.1) is 18.1 Å². The lowest BCUT2D eigenvalue weighted by atomic mass is 10.2. The van der Waals surface area contributed by atoms with Crippen LogP contribution in [0.1, 0.15) is 5.56 Å². The van der Waals surface area contributed by atoms with Gasteiger partial charge < -0.3 is 20.4 Å². The van der Waals surface area contributed by atoms with Gasteiger partial charge in [0.2, 0.25) is 5.95 Å². The third kappa shape index (κ3) is 4.62. The third-order valence-corrected chi connectivity index (χ3v) is 4.86. The van der Waals surface area contributed by atoms with Crippen molar-refractivity contribution in [1.29, 1.82) is 0 Å². The fourth-order valence-corrected chi connectivity index (χ4v) is 3.19. The van der Waals surface area contributed by atoms with Crippen LogP contribution in [0.3, 0.4) is 0 Å². The molecular formula is C21H22FN7O. The number of nitrogens with one attached hydrogen (secondary N) is 2. The highest BCUT2D eigenvalue weighted by molar-refractivity contribution is 5.99. The minimum absolute atomic E-state index is 0.372. The number of piperazine rings is 1. The number of hydrogen-bond donors (Lipinski definition) is 2. The molecule has 0 saturated carbocycles. The molecule has 4 rings (SSSR count). The molecule has 8 nitrogen and oxygen atoms in total. The number of pyridine rings is 1. The molecule has 154 valence electrons. The van der Waals surface area contributed by atoms with E-state index in [2.05, 4.69) is 35.4 Å². The van der Waals surface area contributed by atoms with E-state index in [9.17, 15) is 9.18 Å². The van der Waals surface area contributed by atoms with Crippen molar-refractivity contribution in [3.63, 3.8) is 0 Å². The van der Waals surface area contributed by atoms with Crippen LogP contribution in [-0.2, 0) is 0 Å². The molecule has 1 aromatic carbocycles. The second-order valence-electron chi connectivity index (χ2n) is 6.98. The van der Waals surface area contributed by atoms with Gasteiger partial charge in [-0.2, -0.15) is 0 Å². The Labute approximate surface area is 173 Å². The first-order chi connectivity index (χ1) is 14.6. The minimum Gasteiger partial charge on any atom is -0.353 e. The van der Waals surface area contributed by atoms with Gasteiger partial charge in [0, 0.05) is 38.1 Å².